The van der Waals surface area contributed by atoms with Crippen LogP contribution in [0.1, 0.15) is 0 Å². The van der Waals surface area contributed by atoms with Gasteiger partial charge in [-0.15, -0.1) is 0 Å². The van der Waals surface area contributed by atoms with E-state index in [1.807, 2.05) is 0 Å². The lowest BCUT2D eigenvalue weighted by Crippen LogP contribution is -1.96. The molecule has 1 aromatic heterocycles. The largest absolute Gasteiger partial charge is 0.230 e. The van der Waals surface area contributed by atoms with Crippen LogP contribution in [-0.4, -0.2) is 24.6 Å². The molecule has 94 valence electrons. The Kier molecular flexibility index (Phi) is 4.23. The lowest BCUT2D eigenvalue weighted by Gasteiger charge is -2.01. The van der Waals surface area contributed by atoms with Gasteiger partial charge in [-0.25, -0.2) is 18.4 Å². The van der Waals surface area contributed by atoms with Crippen LogP contribution in [-0.2, 0) is 9.84 Å². The first-order valence-corrected chi connectivity index (χ1v) is 8.69. The molecular formula is C11H9IN2O2S2. The molecule has 18 heavy (non-hydrogen) atoms. The molecule has 0 aliphatic rings. The Bertz CT molecular complexity index is 640. The van der Waals surface area contributed by atoms with Crippen molar-refractivity contribution in [2.24, 2.45) is 0 Å². The predicted molar refractivity (Wildman–Crippen MR) is 78.4 cm³/mol. The number of hydrogen-bond donors (Lipinski definition) is 0. The van der Waals surface area contributed by atoms with E-state index >= 15 is 0 Å². The minimum atomic E-state index is -3.14. The van der Waals surface area contributed by atoms with Crippen LogP contribution >= 0.6 is 34.4 Å². The van der Waals surface area contributed by atoms with E-state index in [-0.39, 0.29) is 0 Å². The van der Waals surface area contributed by atoms with Crippen molar-refractivity contribution >= 4 is 44.2 Å². The van der Waals surface area contributed by atoms with Crippen molar-refractivity contribution in [1.29, 1.82) is 0 Å². The molecule has 0 unspecified atom stereocenters. The van der Waals surface area contributed by atoms with Crippen LogP contribution in [0.5, 0.6) is 0 Å². The van der Waals surface area contributed by atoms with E-state index in [0.717, 1.165) is 8.47 Å². The van der Waals surface area contributed by atoms with E-state index in [1.165, 1.54) is 18.0 Å². The maximum absolute atomic E-state index is 11.3. The van der Waals surface area contributed by atoms with Crippen molar-refractivity contribution in [2.75, 3.05) is 6.26 Å². The molecule has 1 heterocycles. The number of halogens is 1. The molecule has 2 aromatic rings. The van der Waals surface area contributed by atoms with E-state index in [4.69, 9.17) is 0 Å². The van der Waals surface area contributed by atoms with Crippen molar-refractivity contribution in [3.05, 3.63) is 40.2 Å². The van der Waals surface area contributed by atoms with Gasteiger partial charge in [0.15, 0.2) is 15.0 Å². The molecule has 0 atom stereocenters. The third-order valence-corrected chi connectivity index (χ3v) is 4.64. The molecule has 0 saturated carbocycles. The summed E-state index contributed by atoms with van der Waals surface area (Å²) in [7, 11) is -3.14. The third kappa shape index (κ3) is 3.66. The number of aromatic nitrogens is 2. The van der Waals surface area contributed by atoms with Gasteiger partial charge in [-0.3, -0.25) is 0 Å². The van der Waals surface area contributed by atoms with Gasteiger partial charge in [0.2, 0.25) is 0 Å². The molecule has 0 spiro atoms. The minimum absolute atomic E-state index is 0.315. The molecular weight excluding hydrogens is 383 g/mol. The van der Waals surface area contributed by atoms with Gasteiger partial charge in [0.05, 0.1) is 4.90 Å². The maximum atomic E-state index is 11.3. The first kappa shape index (κ1) is 13.8. The normalized spacial score (nSPS) is 11.4. The third-order valence-electron chi connectivity index (χ3n) is 2.06. The molecule has 0 aliphatic heterocycles. The van der Waals surface area contributed by atoms with Gasteiger partial charge < -0.3 is 0 Å². The molecule has 2 rings (SSSR count). The van der Waals surface area contributed by atoms with Crippen LogP contribution < -0.4 is 0 Å². The molecule has 0 fully saturated rings. The quantitative estimate of drug-likeness (QED) is 0.594. The maximum Gasteiger partial charge on any atom is 0.192 e. The first-order valence-electron chi connectivity index (χ1n) is 4.91. The zero-order valence-corrected chi connectivity index (χ0v) is 13.2. The average Bonchev–Trinajstić information content (AvgIpc) is 2.32. The Hall–Kier alpha value is -0.670. The summed E-state index contributed by atoms with van der Waals surface area (Å²) >= 11 is 3.53. The van der Waals surface area contributed by atoms with Crippen molar-refractivity contribution in [1.82, 2.24) is 9.97 Å². The number of hydrogen-bond acceptors (Lipinski definition) is 5. The van der Waals surface area contributed by atoms with Gasteiger partial charge in [0.1, 0.15) is 0 Å². The monoisotopic (exact) mass is 392 g/mol. The van der Waals surface area contributed by atoms with Gasteiger partial charge >= 0.3 is 0 Å². The Balaban J connectivity index is 2.18. The SMILES string of the molecule is CS(=O)(=O)c1ccc(Sc2ncc(I)cn2)cc1. The zero-order chi connectivity index (χ0) is 13.2. The van der Waals surface area contributed by atoms with Crippen LogP contribution in [0.4, 0.5) is 0 Å². The number of nitrogens with zero attached hydrogens (tertiary/aromatic N) is 2. The summed E-state index contributed by atoms with van der Waals surface area (Å²) in [6, 6.07) is 6.68. The Morgan fingerprint density at radius 3 is 2.17 bits per heavy atom. The summed E-state index contributed by atoms with van der Waals surface area (Å²) in [4.78, 5) is 9.56. The fraction of sp³-hybridized carbons (Fsp3) is 0.0909. The molecule has 0 bridgehead atoms. The summed E-state index contributed by atoms with van der Waals surface area (Å²) in [5, 5.41) is 0.641. The number of sulfone groups is 1. The second-order valence-electron chi connectivity index (χ2n) is 3.53. The second kappa shape index (κ2) is 5.54. The van der Waals surface area contributed by atoms with Crippen molar-refractivity contribution in [2.45, 2.75) is 14.9 Å². The van der Waals surface area contributed by atoms with Crippen LogP contribution in [0.3, 0.4) is 0 Å². The van der Waals surface area contributed by atoms with Crippen molar-refractivity contribution < 1.29 is 8.42 Å². The van der Waals surface area contributed by atoms with Crippen LogP contribution in [0.2, 0.25) is 0 Å². The average molecular weight is 392 g/mol. The molecule has 4 nitrogen and oxygen atoms in total. The minimum Gasteiger partial charge on any atom is -0.230 e. The van der Waals surface area contributed by atoms with Crippen LogP contribution in [0.25, 0.3) is 0 Å². The molecule has 7 heteroatoms. The van der Waals surface area contributed by atoms with E-state index < -0.39 is 9.84 Å². The van der Waals surface area contributed by atoms with E-state index in [9.17, 15) is 8.42 Å². The van der Waals surface area contributed by atoms with Crippen LogP contribution in [0, 0.1) is 3.57 Å². The smallest absolute Gasteiger partial charge is 0.192 e. The lowest BCUT2D eigenvalue weighted by atomic mass is 10.4. The van der Waals surface area contributed by atoms with Crippen molar-refractivity contribution in [3.8, 4) is 0 Å². The summed E-state index contributed by atoms with van der Waals surface area (Å²) in [6.07, 6.45) is 4.67. The molecule has 0 aliphatic carbocycles. The summed E-state index contributed by atoms with van der Waals surface area (Å²) in [5.74, 6) is 0. The highest BCUT2D eigenvalue weighted by molar-refractivity contribution is 14.1. The van der Waals surface area contributed by atoms with Crippen LogP contribution in [0.15, 0.2) is 51.6 Å². The van der Waals surface area contributed by atoms with Gasteiger partial charge in [0, 0.05) is 27.1 Å². The van der Waals surface area contributed by atoms with Gasteiger partial charge in [0.25, 0.3) is 0 Å². The first-order chi connectivity index (χ1) is 8.45. The van der Waals surface area contributed by atoms with E-state index in [2.05, 4.69) is 32.6 Å². The Morgan fingerprint density at radius 1 is 1.11 bits per heavy atom. The summed E-state index contributed by atoms with van der Waals surface area (Å²) in [5.41, 5.74) is 0. The summed E-state index contributed by atoms with van der Waals surface area (Å²) < 4.78 is 23.6. The molecule has 0 radical (unpaired) electrons. The fourth-order valence-corrected chi connectivity index (χ4v) is 2.82. The highest BCUT2D eigenvalue weighted by atomic mass is 127. The highest BCUT2D eigenvalue weighted by Crippen LogP contribution is 2.25. The van der Waals surface area contributed by atoms with E-state index in [1.54, 1.807) is 36.7 Å². The predicted octanol–water partition coefficient (Wildman–Crippen LogP) is 2.64. The fourth-order valence-electron chi connectivity index (χ4n) is 1.21. The zero-order valence-electron chi connectivity index (χ0n) is 9.37. The molecule has 0 N–H and O–H groups in total. The molecule has 1 aromatic carbocycles. The highest BCUT2D eigenvalue weighted by Gasteiger charge is 2.07. The number of benzene rings is 1. The van der Waals surface area contributed by atoms with E-state index in [0.29, 0.717) is 10.1 Å². The number of rotatable bonds is 3. The van der Waals surface area contributed by atoms with Gasteiger partial charge in [-0.1, -0.05) is 0 Å². The Labute approximate surface area is 123 Å². The standard InChI is InChI=1S/C11H9IN2O2S2/c1-18(15,16)10-4-2-9(3-5-10)17-11-13-6-8(12)7-14-11/h2-7H,1H3. The van der Waals surface area contributed by atoms with Crippen molar-refractivity contribution in [3.63, 3.8) is 0 Å². The van der Waals surface area contributed by atoms with Gasteiger partial charge in [-0.2, -0.15) is 0 Å². The topological polar surface area (TPSA) is 59.9 Å². The molecule has 0 saturated heterocycles. The second-order valence-corrected chi connectivity index (χ2v) is 7.83. The molecule has 0 amide bonds. The van der Waals surface area contributed by atoms with Gasteiger partial charge in [-0.05, 0) is 58.6 Å². The Morgan fingerprint density at radius 2 is 1.67 bits per heavy atom. The lowest BCUT2D eigenvalue weighted by molar-refractivity contribution is 0.602. The summed E-state index contributed by atoms with van der Waals surface area (Å²) in [6.45, 7) is 0.